The van der Waals surface area contributed by atoms with Gasteiger partial charge in [-0.1, -0.05) is 18.2 Å². The van der Waals surface area contributed by atoms with Gasteiger partial charge >= 0.3 is 0 Å². The number of phenols is 1. The molecule has 0 aliphatic heterocycles. The van der Waals surface area contributed by atoms with Crippen molar-refractivity contribution in [2.45, 2.75) is 13.2 Å². The Kier molecular flexibility index (Phi) is 4.85. The molecule has 0 saturated heterocycles. The molecule has 2 N–H and O–H groups in total. The molecule has 0 amide bonds. The highest BCUT2D eigenvalue weighted by Crippen LogP contribution is 2.28. The van der Waals surface area contributed by atoms with Crippen LogP contribution in [0.1, 0.15) is 11.1 Å². The number of rotatable bonds is 6. The summed E-state index contributed by atoms with van der Waals surface area (Å²) in [6.07, 6.45) is 0. The third-order valence-electron chi connectivity index (χ3n) is 2.94. The van der Waals surface area contributed by atoms with Gasteiger partial charge in [-0.05, 0) is 42.4 Å². The zero-order valence-corrected chi connectivity index (χ0v) is 11.7. The van der Waals surface area contributed by atoms with Crippen molar-refractivity contribution in [1.29, 1.82) is 0 Å². The predicted molar refractivity (Wildman–Crippen MR) is 78.2 cm³/mol. The maximum atomic E-state index is 9.24. The summed E-state index contributed by atoms with van der Waals surface area (Å²) in [6.45, 7) is 1.22. The molecule has 2 rings (SSSR count). The van der Waals surface area contributed by atoms with E-state index < -0.39 is 0 Å². The molecule has 0 atom stereocenters. The summed E-state index contributed by atoms with van der Waals surface area (Å²) >= 11 is 0. The van der Waals surface area contributed by atoms with Gasteiger partial charge in [-0.2, -0.15) is 0 Å². The first-order chi connectivity index (χ1) is 9.72. The van der Waals surface area contributed by atoms with E-state index in [0.29, 0.717) is 12.4 Å². The summed E-state index contributed by atoms with van der Waals surface area (Å²) < 4.78 is 11.1. The second-order valence-corrected chi connectivity index (χ2v) is 4.47. The van der Waals surface area contributed by atoms with Crippen molar-refractivity contribution in [2.75, 3.05) is 14.2 Å². The highest BCUT2D eigenvalue weighted by Gasteiger charge is 2.06. The lowest BCUT2D eigenvalue weighted by Crippen LogP contribution is -2.05. The summed E-state index contributed by atoms with van der Waals surface area (Å²) in [6, 6.07) is 12.8. The van der Waals surface area contributed by atoms with Gasteiger partial charge in [-0.15, -0.1) is 0 Å². The average Bonchev–Trinajstić information content (AvgIpc) is 2.47. The molecule has 20 heavy (non-hydrogen) atoms. The quantitative estimate of drug-likeness (QED) is 0.849. The Morgan fingerprint density at radius 3 is 2.35 bits per heavy atom. The largest absolute Gasteiger partial charge is 0.508 e. The zero-order chi connectivity index (χ0) is 14.4. The molecule has 0 saturated carbocycles. The van der Waals surface area contributed by atoms with E-state index in [1.807, 2.05) is 37.4 Å². The molecular weight excluding hydrogens is 254 g/mol. The fourth-order valence-electron chi connectivity index (χ4n) is 1.90. The van der Waals surface area contributed by atoms with Gasteiger partial charge in [0.05, 0.1) is 7.11 Å². The molecule has 0 unspecified atom stereocenters. The van der Waals surface area contributed by atoms with Crippen molar-refractivity contribution in [3.63, 3.8) is 0 Å². The highest BCUT2D eigenvalue weighted by molar-refractivity contribution is 5.43. The van der Waals surface area contributed by atoms with E-state index in [2.05, 4.69) is 5.32 Å². The number of phenolic OH excluding ortho intramolecular Hbond substituents is 1. The van der Waals surface area contributed by atoms with Gasteiger partial charge in [0.2, 0.25) is 0 Å². The molecule has 2 aromatic carbocycles. The molecular formula is C16H19NO3. The standard InChI is InChI=1S/C16H19NO3/c1-17-10-13-5-8-15(16(9-13)19-2)20-11-12-3-6-14(18)7-4-12/h3-9,17-18H,10-11H2,1-2H3. The van der Waals surface area contributed by atoms with Gasteiger partial charge in [-0.3, -0.25) is 0 Å². The second-order valence-electron chi connectivity index (χ2n) is 4.47. The smallest absolute Gasteiger partial charge is 0.161 e. The SMILES string of the molecule is CNCc1ccc(OCc2ccc(O)cc2)c(OC)c1. The molecule has 0 bridgehead atoms. The van der Waals surface area contributed by atoms with Crippen molar-refractivity contribution in [2.24, 2.45) is 0 Å². The van der Waals surface area contributed by atoms with Gasteiger partial charge in [0.15, 0.2) is 11.5 Å². The van der Waals surface area contributed by atoms with Crippen molar-refractivity contribution in [3.05, 3.63) is 53.6 Å². The average molecular weight is 273 g/mol. The Bertz CT molecular complexity index is 552. The van der Waals surface area contributed by atoms with E-state index in [9.17, 15) is 5.11 Å². The third-order valence-corrected chi connectivity index (χ3v) is 2.94. The highest BCUT2D eigenvalue weighted by atomic mass is 16.5. The molecule has 2 aromatic rings. The first-order valence-corrected chi connectivity index (χ1v) is 6.45. The van der Waals surface area contributed by atoms with Crippen LogP contribution in [0.4, 0.5) is 0 Å². The second kappa shape index (κ2) is 6.82. The van der Waals surface area contributed by atoms with E-state index in [4.69, 9.17) is 9.47 Å². The van der Waals surface area contributed by atoms with Crippen LogP contribution in [-0.2, 0) is 13.2 Å². The first-order valence-electron chi connectivity index (χ1n) is 6.45. The number of nitrogens with one attached hydrogen (secondary N) is 1. The first kappa shape index (κ1) is 14.2. The minimum atomic E-state index is 0.253. The number of ether oxygens (including phenoxy) is 2. The van der Waals surface area contributed by atoms with Crippen LogP contribution >= 0.6 is 0 Å². The topological polar surface area (TPSA) is 50.7 Å². The summed E-state index contributed by atoms with van der Waals surface area (Å²) in [4.78, 5) is 0. The van der Waals surface area contributed by atoms with Crippen molar-refractivity contribution in [1.82, 2.24) is 5.32 Å². The normalized spacial score (nSPS) is 10.3. The number of hydrogen-bond acceptors (Lipinski definition) is 4. The monoisotopic (exact) mass is 273 g/mol. The van der Waals surface area contributed by atoms with Crippen LogP contribution in [0, 0.1) is 0 Å². The Labute approximate surface area is 119 Å². The molecule has 0 spiro atoms. The van der Waals surface area contributed by atoms with Crippen molar-refractivity contribution >= 4 is 0 Å². The van der Waals surface area contributed by atoms with Crippen LogP contribution in [0.2, 0.25) is 0 Å². The molecule has 0 aliphatic rings. The Balaban J connectivity index is 2.06. The Morgan fingerprint density at radius 2 is 1.70 bits per heavy atom. The summed E-state index contributed by atoms with van der Waals surface area (Å²) in [7, 11) is 3.54. The van der Waals surface area contributed by atoms with E-state index >= 15 is 0 Å². The van der Waals surface area contributed by atoms with Gasteiger partial charge in [0, 0.05) is 6.54 Å². The van der Waals surface area contributed by atoms with Crippen LogP contribution in [0.5, 0.6) is 17.2 Å². The van der Waals surface area contributed by atoms with Gasteiger partial charge in [0.25, 0.3) is 0 Å². The van der Waals surface area contributed by atoms with Crippen LogP contribution in [0.25, 0.3) is 0 Å². The molecule has 0 aliphatic carbocycles. The minimum Gasteiger partial charge on any atom is -0.508 e. The number of hydrogen-bond donors (Lipinski definition) is 2. The van der Waals surface area contributed by atoms with Crippen LogP contribution in [-0.4, -0.2) is 19.3 Å². The van der Waals surface area contributed by atoms with E-state index in [1.54, 1.807) is 19.2 Å². The fourth-order valence-corrected chi connectivity index (χ4v) is 1.90. The van der Waals surface area contributed by atoms with E-state index in [0.717, 1.165) is 23.4 Å². The molecule has 0 radical (unpaired) electrons. The number of benzene rings is 2. The summed E-state index contributed by atoms with van der Waals surface area (Å²) in [5.74, 6) is 1.68. The molecule has 106 valence electrons. The van der Waals surface area contributed by atoms with Crippen LogP contribution in [0.15, 0.2) is 42.5 Å². The number of aromatic hydroxyl groups is 1. The summed E-state index contributed by atoms with van der Waals surface area (Å²) in [5.41, 5.74) is 2.13. The predicted octanol–water partition coefficient (Wildman–Crippen LogP) is 2.70. The van der Waals surface area contributed by atoms with Gasteiger partial charge in [0.1, 0.15) is 12.4 Å². The third kappa shape index (κ3) is 3.65. The van der Waals surface area contributed by atoms with E-state index in [1.165, 1.54) is 0 Å². The van der Waals surface area contributed by atoms with Crippen LogP contribution in [0.3, 0.4) is 0 Å². The van der Waals surface area contributed by atoms with Crippen LogP contribution < -0.4 is 14.8 Å². The molecule has 4 nitrogen and oxygen atoms in total. The van der Waals surface area contributed by atoms with E-state index in [-0.39, 0.29) is 5.75 Å². The van der Waals surface area contributed by atoms with Crippen molar-refractivity contribution < 1.29 is 14.6 Å². The Morgan fingerprint density at radius 1 is 1.00 bits per heavy atom. The van der Waals surface area contributed by atoms with Crippen molar-refractivity contribution in [3.8, 4) is 17.2 Å². The molecule has 0 heterocycles. The summed E-state index contributed by atoms with van der Waals surface area (Å²) in [5, 5.41) is 12.3. The van der Waals surface area contributed by atoms with Gasteiger partial charge < -0.3 is 19.9 Å². The fraction of sp³-hybridized carbons (Fsp3) is 0.250. The lowest BCUT2D eigenvalue weighted by molar-refractivity contribution is 0.284. The maximum Gasteiger partial charge on any atom is 0.161 e. The number of methoxy groups -OCH3 is 1. The molecule has 0 fully saturated rings. The lowest BCUT2D eigenvalue weighted by Gasteiger charge is -2.12. The van der Waals surface area contributed by atoms with Gasteiger partial charge in [-0.25, -0.2) is 0 Å². The molecule has 0 aromatic heterocycles. The zero-order valence-electron chi connectivity index (χ0n) is 11.7. The molecule has 4 heteroatoms. The lowest BCUT2D eigenvalue weighted by atomic mass is 10.2. The minimum absolute atomic E-state index is 0.253. The Hall–Kier alpha value is -2.20. The maximum absolute atomic E-state index is 9.24.